The Labute approximate surface area is 136 Å². The summed E-state index contributed by atoms with van der Waals surface area (Å²) in [5.41, 5.74) is 2.78. The van der Waals surface area contributed by atoms with Gasteiger partial charge < -0.3 is 14.5 Å². The van der Waals surface area contributed by atoms with Crippen molar-refractivity contribution in [3.8, 4) is 5.75 Å². The summed E-state index contributed by atoms with van der Waals surface area (Å²) in [6, 6.07) is 9.86. The van der Waals surface area contributed by atoms with Gasteiger partial charge in [-0.3, -0.25) is 4.79 Å². The highest BCUT2D eigenvalue weighted by Gasteiger charge is 2.19. The number of rotatable bonds is 6. The lowest BCUT2D eigenvalue weighted by Gasteiger charge is -2.20. The number of hydrogen-bond donors (Lipinski definition) is 1. The Morgan fingerprint density at radius 1 is 1.26 bits per heavy atom. The molecule has 122 valence electrons. The van der Waals surface area contributed by atoms with Gasteiger partial charge in [-0.1, -0.05) is 13.0 Å². The van der Waals surface area contributed by atoms with Crippen LogP contribution in [-0.2, 0) is 24.2 Å². The molecular weight excluding hydrogens is 290 g/mol. The molecule has 1 aromatic carbocycles. The molecule has 0 radical (unpaired) electrons. The normalized spacial score (nSPS) is 14.8. The minimum atomic E-state index is -0.480. The molecule has 2 aromatic rings. The van der Waals surface area contributed by atoms with Gasteiger partial charge in [-0.25, -0.2) is 0 Å². The molecule has 1 heterocycles. The van der Waals surface area contributed by atoms with Crippen LogP contribution in [0.15, 0.2) is 41.0 Å². The van der Waals surface area contributed by atoms with E-state index in [4.69, 9.17) is 9.15 Å². The van der Waals surface area contributed by atoms with Crippen LogP contribution in [0.3, 0.4) is 0 Å². The van der Waals surface area contributed by atoms with Gasteiger partial charge in [0, 0.05) is 0 Å². The third kappa shape index (κ3) is 3.95. The average Bonchev–Trinajstić information content (AvgIpc) is 3.11. The van der Waals surface area contributed by atoms with Crippen LogP contribution < -0.4 is 10.1 Å². The molecule has 4 nitrogen and oxygen atoms in total. The van der Waals surface area contributed by atoms with E-state index in [2.05, 4.69) is 17.4 Å². The Morgan fingerprint density at radius 2 is 2.09 bits per heavy atom. The van der Waals surface area contributed by atoms with Crippen LogP contribution in [0.1, 0.15) is 43.1 Å². The fraction of sp³-hybridized carbons (Fsp3) is 0.421. The van der Waals surface area contributed by atoms with Crippen molar-refractivity contribution in [3.05, 3.63) is 53.5 Å². The Morgan fingerprint density at radius 3 is 2.83 bits per heavy atom. The fourth-order valence-electron chi connectivity index (χ4n) is 2.97. The van der Waals surface area contributed by atoms with E-state index in [0.717, 1.165) is 24.4 Å². The number of carbonyl (C=O) groups is 1. The van der Waals surface area contributed by atoms with Crippen molar-refractivity contribution in [1.82, 2.24) is 5.32 Å². The van der Waals surface area contributed by atoms with Gasteiger partial charge in [-0.05, 0) is 67.5 Å². The Hall–Kier alpha value is -2.23. The molecule has 0 unspecified atom stereocenters. The molecule has 1 N–H and O–H groups in total. The predicted octanol–water partition coefficient (Wildman–Crippen LogP) is 3.63. The zero-order chi connectivity index (χ0) is 16.1. The fourth-order valence-corrected chi connectivity index (χ4v) is 2.97. The zero-order valence-corrected chi connectivity index (χ0v) is 13.5. The lowest BCUT2D eigenvalue weighted by Crippen LogP contribution is -2.37. The number of amides is 1. The smallest absolute Gasteiger partial charge is 0.261 e. The van der Waals surface area contributed by atoms with Gasteiger partial charge >= 0.3 is 0 Å². The van der Waals surface area contributed by atoms with Gasteiger partial charge in [0.2, 0.25) is 0 Å². The zero-order valence-electron chi connectivity index (χ0n) is 13.5. The van der Waals surface area contributed by atoms with E-state index in [0.29, 0.717) is 13.0 Å². The average molecular weight is 313 g/mol. The van der Waals surface area contributed by atoms with E-state index < -0.39 is 6.10 Å². The topological polar surface area (TPSA) is 51.5 Å². The number of ether oxygens (including phenoxy) is 1. The summed E-state index contributed by atoms with van der Waals surface area (Å²) in [6.45, 7) is 2.34. The number of hydrogen-bond acceptors (Lipinski definition) is 3. The maximum absolute atomic E-state index is 12.3. The third-order valence-electron chi connectivity index (χ3n) is 4.28. The number of fused-ring (bicyclic) bond motifs is 1. The lowest BCUT2D eigenvalue weighted by atomic mass is 9.92. The second-order valence-corrected chi connectivity index (χ2v) is 5.95. The molecule has 1 atom stereocenters. The molecule has 0 fully saturated rings. The molecule has 0 saturated carbocycles. The van der Waals surface area contributed by atoms with Gasteiger partial charge in [0.25, 0.3) is 5.91 Å². The molecule has 4 heteroatoms. The highest BCUT2D eigenvalue weighted by molar-refractivity contribution is 5.81. The Bertz CT molecular complexity index is 649. The van der Waals surface area contributed by atoms with E-state index >= 15 is 0 Å². The van der Waals surface area contributed by atoms with Crippen LogP contribution in [0.4, 0.5) is 0 Å². The van der Waals surface area contributed by atoms with Crippen molar-refractivity contribution in [2.75, 3.05) is 0 Å². The van der Waals surface area contributed by atoms with Gasteiger partial charge in [0.05, 0.1) is 12.8 Å². The first-order valence-electron chi connectivity index (χ1n) is 8.35. The number of carbonyl (C=O) groups excluding carboxylic acids is 1. The highest BCUT2D eigenvalue weighted by atomic mass is 16.5. The molecule has 1 aromatic heterocycles. The first-order valence-corrected chi connectivity index (χ1v) is 8.35. The maximum atomic E-state index is 12.3. The Kier molecular flexibility index (Phi) is 5.01. The minimum Gasteiger partial charge on any atom is -0.481 e. The van der Waals surface area contributed by atoms with Gasteiger partial charge in [-0.2, -0.15) is 0 Å². The highest BCUT2D eigenvalue weighted by Crippen LogP contribution is 2.26. The number of benzene rings is 1. The second kappa shape index (κ2) is 7.36. The molecule has 0 spiro atoms. The van der Waals surface area contributed by atoms with E-state index in [1.54, 1.807) is 6.26 Å². The van der Waals surface area contributed by atoms with Crippen molar-refractivity contribution in [2.24, 2.45) is 0 Å². The lowest BCUT2D eigenvalue weighted by molar-refractivity contribution is -0.128. The largest absolute Gasteiger partial charge is 0.481 e. The van der Waals surface area contributed by atoms with Crippen LogP contribution in [0.2, 0.25) is 0 Å². The maximum Gasteiger partial charge on any atom is 0.261 e. The van der Waals surface area contributed by atoms with Gasteiger partial charge in [0.1, 0.15) is 11.5 Å². The van der Waals surface area contributed by atoms with E-state index in [1.807, 2.05) is 25.1 Å². The molecule has 0 aliphatic heterocycles. The second-order valence-electron chi connectivity index (χ2n) is 5.95. The summed E-state index contributed by atoms with van der Waals surface area (Å²) < 4.78 is 11.1. The van der Waals surface area contributed by atoms with Gasteiger partial charge in [-0.15, -0.1) is 0 Å². The van der Waals surface area contributed by atoms with Crippen molar-refractivity contribution in [1.29, 1.82) is 0 Å². The molecule has 1 amide bonds. The summed E-state index contributed by atoms with van der Waals surface area (Å²) in [5.74, 6) is 1.41. The molecule has 23 heavy (non-hydrogen) atoms. The molecule has 1 aliphatic rings. The number of aryl methyl sites for hydroxylation is 2. The predicted molar refractivity (Wildman–Crippen MR) is 88.3 cm³/mol. The number of furan rings is 1. The van der Waals surface area contributed by atoms with Crippen molar-refractivity contribution >= 4 is 5.91 Å². The molecule has 3 rings (SSSR count). The van der Waals surface area contributed by atoms with Crippen LogP contribution in [-0.4, -0.2) is 12.0 Å². The summed E-state index contributed by atoms with van der Waals surface area (Å²) in [5, 5.41) is 2.86. The minimum absolute atomic E-state index is 0.110. The monoisotopic (exact) mass is 313 g/mol. The SMILES string of the molecule is CC[C@H](Oc1ccc2c(c1)CCCC2)C(=O)NCc1ccco1. The van der Waals surface area contributed by atoms with Crippen molar-refractivity contribution < 1.29 is 13.9 Å². The van der Waals surface area contributed by atoms with E-state index in [-0.39, 0.29) is 5.91 Å². The third-order valence-corrected chi connectivity index (χ3v) is 4.28. The summed E-state index contributed by atoms with van der Waals surface area (Å²) in [7, 11) is 0. The summed E-state index contributed by atoms with van der Waals surface area (Å²) >= 11 is 0. The number of nitrogens with one attached hydrogen (secondary N) is 1. The molecule has 1 aliphatic carbocycles. The van der Waals surface area contributed by atoms with Crippen LogP contribution in [0.5, 0.6) is 5.75 Å². The van der Waals surface area contributed by atoms with Crippen LogP contribution >= 0.6 is 0 Å². The first-order chi connectivity index (χ1) is 11.3. The Balaban J connectivity index is 1.61. The van der Waals surface area contributed by atoms with Gasteiger partial charge in [0.15, 0.2) is 6.10 Å². The van der Waals surface area contributed by atoms with Crippen LogP contribution in [0.25, 0.3) is 0 Å². The molecule has 0 bridgehead atoms. The standard InChI is InChI=1S/C19H23NO3/c1-2-18(19(21)20-13-17-8-5-11-22-17)23-16-10-9-14-6-3-4-7-15(14)12-16/h5,8-12,18H,2-4,6-7,13H2,1H3,(H,20,21)/t18-/m0/s1. The van der Waals surface area contributed by atoms with Crippen molar-refractivity contribution in [2.45, 2.75) is 51.7 Å². The van der Waals surface area contributed by atoms with Crippen LogP contribution in [0, 0.1) is 0 Å². The first kappa shape index (κ1) is 15.7. The summed E-state index contributed by atoms with van der Waals surface area (Å²) in [4.78, 5) is 12.3. The summed E-state index contributed by atoms with van der Waals surface area (Å²) in [6.07, 6.45) is 6.50. The quantitative estimate of drug-likeness (QED) is 0.886. The van der Waals surface area contributed by atoms with E-state index in [9.17, 15) is 4.79 Å². The van der Waals surface area contributed by atoms with Crippen molar-refractivity contribution in [3.63, 3.8) is 0 Å². The molecular formula is C19H23NO3. The van der Waals surface area contributed by atoms with E-state index in [1.165, 1.54) is 24.0 Å². The molecule has 0 saturated heterocycles.